The molecule has 188 valence electrons. The molecule has 1 aliphatic carbocycles. The zero-order chi connectivity index (χ0) is 25.8. The molecule has 2 aromatic carbocycles. The molecule has 0 bridgehead atoms. The minimum atomic E-state index is -1.00. The van der Waals surface area contributed by atoms with Crippen LogP contribution in [0.4, 0.5) is 0 Å². The number of benzene rings is 2. The zero-order valence-electron chi connectivity index (χ0n) is 21.9. The molecule has 3 aliphatic rings. The number of hydrogen-bond acceptors (Lipinski definition) is 4. The van der Waals surface area contributed by atoms with Crippen LogP contribution in [-0.4, -0.2) is 12.2 Å². The lowest BCUT2D eigenvalue weighted by Crippen LogP contribution is -2.65. The second-order valence-electron chi connectivity index (χ2n) is 12.0. The summed E-state index contributed by atoms with van der Waals surface area (Å²) in [5.41, 5.74) is 3.24. The maximum Gasteiger partial charge on any atom is 0.134 e. The summed E-state index contributed by atoms with van der Waals surface area (Å²) in [4.78, 5) is 0. The molecule has 2 heterocycles. The summed E-state index contributed by atoms with van der Waals surface area (Å²) in [6.07, 6.45) is 5.73. The molecule has 4 nitrogen and oxygen atoms in total. The number of allylic oxidation sites excluding steroid dienone is 6. The van der Waals surface area contributed by atoms with Gasteiger partial charge in [-0.2, -0.15) is 0 Å². The van der Waals surface area contributed by atoms with E-state index >= 15 is 0 Å². The maximum atomic E-state index is 13.4. The van der Waals surface area contributed by atoms with E-state index in [0.29, 0.717) is 0 Å². The third kappa shape index (κ3) is 4.44. The second kappa shape index (κ2) is 8.79. The molecule has 0 amide bonds. The van der Waals surface area contributed by atoms with Gasteiger partial charge < -0.3 is 19.7 Å². The molecular weight excluding hydrogens is 448 g/mol. The van der Waals surface area contributed by atoms with Crippen LogP contribution in [0.25, 0.3) is 11.1 Å². The molecule has 1 fully saturated rings. The van der Waals surface area contributed by atoms with E-state index in [2.05, 4.69) is 41.5 Å². The molecule has 0 spiro atoms. The molecule has 4 heteroatoms. The van der Waals surface area contributed by atoms with Crippen molar-refractivity contribution in [3.63, 3.8) is 0 Å². The molecular formula is C32H34O4-2. The quantitative estimate of drug-likeness (QED) is 0.567. The molecule has 5 rings (SSSR count). The average molecular weight is 483 g/mol. The summed E-state index contributed by atoms with van der Waals surface area (Å²) >= 11 is 0. The maximum absolute atomic E-state index is 13.4. The Morgan fingerprint density at radius 2 is 0.972 bits per heavy atom. The molecule has 1 saturated carbocycles. The Morgan fingerprint density at radius 1 is 0.611 bits per heavy atom. The molecule has 0 saturated heterocycles. The summed E-state index contributed by atoms with van der Waals surface area (Å²) in [7, 11) is 0. The lowest BCUT2D eigenvalue weighted by Gasteiger charge is -2.60. The van der Waals surface area contributed by atoms with E-state index in [-0.39, 0.29) is 10.8 Å². The topological polar surface area (TPSA) is 64.6 Å². The minimum Gasteiger partial charge on any atom is -0.851 e. The van der Waals surface area contributed by atoms with Crippen molar-refractivity contribution in [2.45, 2.75) is 53.8 Å². The van der Waals surface area contributed by atoms with Gasteiger partial charge in [-0.3, -0.25) is 0 Å². The van der Waals surface area contributed by atoms with Crippen LogP contribution in [0.2, 0.25) is 0 Å². The molecule has 2 aromatic rings. The van der Waals surface area contributed by atoms with Crippen LogP contribution < -0.4 is 19.7 Å². The highest BCUT2D eigenvalue weighted by Gasteiger charge is 2.36. The third-order valence-corrected chi connectivity index (χ3v) is 7.15. The van der Waals surface area contributed by atoms with Gasteiger partial charge in [0.1, 0.15) is 23.0 Å². The van der Waals surface area contributed by atoms with Gasteiger partial charge >= 0.3 is 0 Å². The first-order valence-electron chi connectivity index (χ1n) is 12.7. The Kier molecular flexibility index (Phi) is 6.01. The number of hydrogen-bond donors (Lipinski definition) is 0. The van der Waals surface area contributed by atoms with E-state index < -0.39 is 24.0 Å². The Bertz CT molecular complexity index is 1190. The number of ether oxygens (including phenoxy) is 2. The van der Waals surface area contributed by atoms with Crippen molar-refractivity contribution < 1.29 is 19.7 Å². The van der Waals surface area contributed by atoms with Gasteiger partial charge in [-0.05, 0) is 47.3 Å². The molecule has 0 radical (unpaired) electrons. The zero-order valence-corrected chi connectivity index (χ0v) is 21.9. The van der Waals surface area contributed by atoms with Crippen molar-refractivity contribution in [2.75, 3.05) is 0 Å². The van der Waals surface area contributed by atoms with E-state index in [4.69, 9.17) is 9.47 Å². The van der Waals surface area contributed by atoms with Gasteiger partial charge in [-0.1, -0.05) is 90.1 Å². The first kappa shape index (κ1) is 24.6. The van der Waals surface area contributed by atoms with E-state index in [1.807, 2.05) is 72.8 Å². The Hall–Kier alpha value is -3.08. The van der Waals surface area contributed by atoms with Crippen molar-refractivity contribution >= 4 is 11.1 Å². The molecule has 0 aromatic heterocycles. The average Bonchev–Trinajstić information content (AvgIpc) is 2.84. The molecule has 0 unspecified atom stereocenters. The summed E-state index contributed by atoms with van der Waals surface area (Å²) in [5, 5.41) is 26.8. The molecule has 0 N–H and O–H groups in total. The van der Waals surface area contributed by atoms with Crippen LogP contribution in [0.5, 0.6) is 11.5 Å². The lowest BCUT2D eigenvalue weighted by molar-refractivity contribution is -0.549. The number of para-hydroxylation sites is 2. The fourth-order valence-corrected chi connectivity index (χ4v) is 4.87. The highest BCUT2D eigenvalue weighted by molar-refractivity contribution is 5.82. The van der Waals surface area contributed by atoms with E-state index in [1.54, 1.807) is 0 Å². The number of rotatable bonds is 2. The van der Waals surface area contributed by atoms with Crippen LogP contribution in [0.1, 0.15) is 52.7 Å². The van der Waals surface area contributed by atoms with Gasteiger partial charge in [0.2, 0.25) is 0 Å². The van der Waals surface area contributed by atoms with Crippen molar-refractivity contribution in [2.24, 2.45) is 22.7 Å². The summed E-state index contributed by atoms with van der Waals surface area (Å²) in [6.45, 7) is 12.5. The smallest absolute Gasteiger partial charge is 0.134 e. The van der Waals surface area contributed by atoms with Crippen molar-refractivity contribution in [3.8, 4) is 11.5 Å². The van der Waals surface area contributed by atoms with Gasteiger partial charge in [0.25, 0.3) is 0 Å². The molecule has 2 aliphatic heterocycles. The number of fused-ring (bicyclic) bond motifs is 2. The van der Waals surface area contributed by atoms with Crippen molar-refractivity contribution in [3.05, 3.63) is 95.5 Å². The normalized spacial score (nSPS) is 27.8. The fourth-order valence-electron chi connectivity index (χ4n) is 4.87. The van der Waals surface area contributed by atoms with Gasteiger partial charge in [-0.25, -0.2) is 0 Å². The lowest BCUT2D eigenvalue weighted by atomic mass is 9.67. The Morgan fingerprint density at radius 3 is 1.33 bits per heavy atom. The van der Waals surface area contributed by atoms with Crippen LogP contribution in [0.15, 0.2) is 84.4 Å². The van der Waals surface area contributed by atoms with Gasteiger partial charge in [0, 0.05) is 22.0 Å². The van der Waals surface area contributed by atoms with Gasteiger partial charge in [0.05, 0.1) is 0 Å². The summed E-state index contributed by atoms with van der Waals surface area (Å²) < 4.78 is 12.3. The first-order chi connectivity index (χ1) is 16.9. The highest BCUT2D eigenvalue weighted by atomic mass is 16.5. The van der Waals surface area contributed by atoms with E-state index in [9.17, 15) is 10.2 Å². The van der Waals surface area contributed by atoms with Crippen LogP contribution in [0.3, 0.4) is 0 Å². The molecule has 36 heavy (non-hydrogen) atoms. The van der Waals surface area contributed by atoms with Crippen molar-refractivity contribution in [1.29, 1.82) is 0 Å². The predicted molar refractivity (Wildman–Crippen MR) is 140 cm³/mol. The van der Waals surface area contributed by atoms with Gasteiger partial charge in [0.15, 0.2) is 0 Å². The SMILES string of the molecule is CC(C)(C)C1=C/C(=C\C2C([O-])C(/C=C3\C=C(C(C)(C)C)Oc4ccccc43)C2[O-])c2ccccc2O1. The largest absolute Gasteiger partial charge is 0.851 e. The summed E-state index contributed by atoms with van der Waals surface area (Å²) in [6, 6.07) is 15.6. The van der Waals surface area contributed by atoms with Crippen LogP contribution in [0, 0.1) is 22.7 Å². The Labute approximate surface area is 214 Å². The standard InChI is InChI=1S/C32H34O4/c1-31(2,3)27-17-19(21-11-7-9-13-25(21)35-27)15-23-29(33)24(30(23)34)16-20-18-28(32(4,5)6)36-26-14-10-8-12-22(20)26/h7-18,23-24,29-30H,1-6H3/q-2/b19-15+,20-16+. The van der Waals surface area contributed by atoms with Gasteiger partial charge in [-0.15, -0.1) is 12.2 Å². The second-order valence-corrected chi connectivity index (χ2v) is 12.0. The minimum absolute atomic E-state index is 0.194. The fraction of sp³-hybridized carbons (Fsp3) is 0.375. The highest BCUT2D eigenvalue weighted by Crippen LogP contribution is 2.45. The van der Waals surface area contributed by atoms with E-state index in [0.717, 1.165) is 45.3 Å². The monoisotopic (exact) mass is 482 g/mol. The van der Waals surface area contributed by atoms with Crippen LogP contribution in [-0.2, 0) is 0 Å². The Balaban J connectivity index is 1.48. The van der Waals surface area contributed by atoms with E-state index in [1.165, 1.54) is 0 Å². The first-order valence-corrected chi connectivity index (χ1v) is 12.7. The molecule has 0 atom stereocenters. The third-order valence-electron chi connectivity index (χ3n) is 7.15. The summed E-state index contributed by atoms with van der Waals surface area (Å²) in [5.74, 6) is 2.00. The van der Waals surface area contributed by atoms with Crippen molar-refractivity contribution in [1.82, 2.24) is 0 Å². The van der Waals surface area contributed by atoms with Crippen LogP contribution >= 0.6 is 0 Å². The predicted octanol–water partition coefficient (Wildman–Crippen LogP) is 5.50.